The van der Waals surface area contributed by atoms with E-state index in [9.17, 15) is 0 Å². The van der Waals surface area contributed by atoms with Gasteiger partial charge in [-0.2, -0.15) is 0 Å². The van der Waals surface area contributed by atoms with Gasteiger partial charge in [-0.1, -0.05) is 18.2 Å². The molecule has 1 heterocycles. The van der Waals surface area contributed by atoms with Gasteiger partial charge in [-0.05, 0) is 31.5 Å². The highest BCUT2D eigenvalue weighted by Gasteiger charge is 2.19. The second kappa shape index (κ2) is 5.31. The van der Waals surface area contributed by atoms with Crippen LogP contribution in [0.4, 0.5) is 0 Å². The van der Waals surface area contributed by atoms with Gasteiger partial charge in [0, 0.05) is 30.1 Å². The minimum Gasteiger partial charge on any atom is -0.444 e. The van der Waals surface area contributed by atoms with Crippen molar-refractivity contribution in [3.05, 3.63) is 35.0 Å². The van der Waals surface area contributed by atoms with Crippen LogP contribution in [0.15, 0.2) is 28.7 Å². The van der Waals surface area contributed by atoms with Gasteiger partial charge < -0.3 is 14.5 Å². The second-order valence-electron chi connectivity index (χ2n) is 5.02. The summed E-state index contributed by atoms with van der Waals surface area (Å²) < 4.78 is 10.7. The molecule has 1 N–H and O–H groups in total. The van der Waals surface area contributed by atoms with Gasteiger partial charge in [-0.25, -0.2) is 0 Å². The molecule has 0 saturated heterocycles. The number of para-hydroxylation sites is 1. The van der Waals surface area contributed by atoms with Crippen LogP contribution in [0.1, 0.15) is 19.4 Å². The number of hydrogen-bond donors (Lipinski definition) is 1. The number of fused-ring (bicyclic) bond motifs is 1. The quantitative estimate of drug-likeness (QED) is 0.899. The Bertz CT molecular complexity index is 534. The van der Waals surface area contributed by atoms with Crippen LogP contribution in [0.2, 0.25) is 5.22 Å². The molecule has 2 rings (SSSR count). The van der Waals surface area contributed by atoms with Gasteiger partial charge in [-0.15, -0.1) is 0 Å². The lowest BCUT2D eigenvalue weighted by Gasteiger charge is -2.25. The van der Waals surface area contributed by atoms with Gasteiger partial charge in [0.15, 0.2) is 5.22 Å². The van der Waals surface area contributed by atoms with E-state index in [2.05, 4.69) is 19.2 Å². The molecule has 1 aromatic heterocycles. The molecular weight excluding hydrogens is 250 g/mol. The van der Waals surface area contributed by atoms with Crippen LogP contribution in [0, 0.1) is 0 Å². The van der Waals surface area contributed by atoms with Crippen LogP contribution in [0.25, 0.3) is 11.0 Å². The summed E-state index contributed by atoms with van der Waals surface area (Å²) in [6, 6.07) is 7.86. The molecule has 0 aliphatic heterocycles. The van der Waals surface area contributed by atoms with E-state index in [1.54, 1.807) is 7.11 Å². The third-order valence-electron chi connectivity index (χ3n) is 2.90. The third kappa shape index (κ3) is 2.86. The number of furan rings is 1. The lowest BCUT2D eigenvalue weighted by molar-refractivity contribution is 0.128. The molecule has 0 aliphatic carbocycles. The van der Waals surface area contributed by atoms with Crippen LogP contribution in [0.3, 0.4) is 0 Å². The molecule has 2 aromatic rings. The van der Waals surface area contributed by atoms with Crippen molar-refractivity contribution in [1.29, 1.82) is 0 Å². The zero-order valence-corrected chi connectivity index (χ0v) is 11.7. The Morgan fingerprint density at radius 2 is 2.06 bits per heavy atom. The van der Waals surface area contributed by atoms with Crippen LogP contribution < -0.4 is 5.32 Å². The molecule has 98 valence electrons. The van der Waals surface area contributed by atoms with Crippen molar-refractivity contribution in [2.45, 2.75) is 25.9 Å². The van der Waals surface area contributed by atoms with Crippen molar-refractivity contribution in [2.75, 3.05) is 13.7 Å². The summed E-state index contributed by atoms with van der Waals surface area (Å²) in [5.41, 5.74) is 1.72. The number of methoxy groups -OCH3 is 1. The Balaban J connectivity index is 2.19. The fourth-order valence-electron chi connectivity index (χ4n) is 1.97. The minimum absolute atomic E-state index is 0.101. The predicted molar refractivity (Wildman–Crippen MR) is 74.0 cm³/mol. The summed E-state index contributed by atoms with van der Waals surface area (Å²) in [6.45, 7) is 5.48. The van der Waals surface area contributed by atoms with Gasteiger partial charge in [0.2, 0.25) is 0 Å². The van der Waals surface area contributed by atoms with E-state index in [0.29, 0.717) is 18.4 Å². The molecule has 0 aliphatic rings. The van der Waals surface area contributed by atoms with Gasteiger partial charge >= 0.3 is 0 Å². The molecule has 0 radical (unpaired) electrons. The molecule has 0 spiro atoms. The van der Waals surface area contributed by atoms with Crippen LogP contribution in [0.5, 0.6) is 0 Å². The Morgan fingerprint density at radius 1 is 1.33 bits per heavy atom. The molecule has 0 unspecified atom stereocenters. The van der Waals surface area contributed by atoms with Crippen molar-refractivity contribution in [3.8, 4) is 0 Å². The topological polar surface area (TPSA) is 34.4 Å². The first-order valence-corrected chi connectivity index (χ1v) is 6.31. The van der Waals surface area contributed by atoms with Gasteiger partial charge in [-0.3, -0.25) is 0 Å². The van der Waals surface area contributed by atoms with E-state index in [0.717, 1.165) is 16.5 Å². The number of hydrogen-bond acceptors (Lipinski definition) is 3. The summed E-state index contributed by atoms with van der Waals surface area (Å²) in [5.74, 6) is 0. The largest absolute Gasteiger partial charge is 0.444 e. The molecule has 3 nitrogen and oxygen atoms in total. The summed E-state index contributed by atoms with van der Waals surface area (Å²) in [6.07, 6.45) is 0. The highest BCUT2D eigenvalue weighted by Crippen LogP contribution is 2.29. The maximum Gasteiger partial charge on any atom is 0.199 e. The fourth-order valence-corrected chi connectivity index (χ4v) is 2.22. The normalized spacial score (nSPS) is 12.2. The van der Waals surface area contributed by atoms with E-state index < -0.39 is 0 Å². The van der Waals surface area contributed by atoms with Crippen molar-refractivity contribution < 1.29 is 9.15 Å². The standard InChI is InChI=1S/C14H18ClNO2/c1-14(2,9-17-3)16-8-11-10-6-4-5-7-12(10)18-13(11)15/h4-7,16H,8-9H2,1-3H3. The molecular formula is C14H18ClNO2. The smallest absolute Gasteiger partial charge is 0.199 e. The zero-order chi connectivity index (χ0) is 13.2. The Labute approximate surface area is 112 Å². The first-order valence-electron chi connectivity index (χ1n) is 5.93. The number of ether oxygens (including phenoxy) is 1. The summed E-state index contributed by atoms with van der Waals surface area (Å²) >= 11 is 6.14. The molecule has 4 heteroatoms. The predicted octanol–water partition coefficient (Wildman–Crippen LogP) is 3.60. The van der Waals surface area contributed by atoms with E-state index in [1.165, 1.54) is 0 Å². The van der Waals surface area contributed by atoms with Crippen molar-refractivity contribution >= 4 is 22.6 Å². The first kappa shape index (κ1) is 13.4. The Morgan fingerprint density at radius 3 is 2.78 bits per heavy atom. The average molecular weight is 268 g/mol. The number of nitrogens with one attached hydrogen (secondary N) is 1. The van der Waals surface area contributed by atoms with E-state index >= 15 is 0 Å². The Kier molecular flexibility index (Phi) is 3.95. The van der Waals surface area contributed by atoms with Crippen LogP contribution in [-0.2, 0) is 11.3 Å². The average Bonchev–Trinajstić information content (AvgIpc) is 2.62. The van der Waals surface area contributed by atoms with Crippen LogP contribution in [-0.4, -0.2) is 19.3 Å². The molecule has 1 aromatic carbocycles. The van der Waals surface area contributed by atoms with Crippen LogP contribution >= 0.6 is 11.6 Å². The number of benzene rings is 1. The van der Waals surface area contributed by atoms with Gasteiger partial charge in [0.05, 0.1) is 6.61 Å². The molecule has 18 heavy (non-hydrogen) atoms. The number of rotatable bonds is 5. The SMILES string of the molecule is COCC(C)(C)NCc1c(Cl)oc2ccccc12. The molecule has 0 fully saturated rings. The minimum atomic E-state index is -0.101. The van der Waals surface area contributed by atoms with Crippen molar-refractivity contribution in [2.24, 2.45) is 0 Å². The van der Waals surface area contributed by atoms with Gasteiger partial charge in [0.25, 0.3) is 0 Å². The van der Waals surface area contributed by atoms with E-state index in [1.807, 2.05) is 24.3 Å². The second-order valence-corrected chi connectivity index (χ2v) is 5.36. The Hall–Kier alpha value is -1.03. The van der Waals surface area contributed by atoms with E-state index in [-0.39, 0.29) is 5.54 Å². The summed E-state index contributed by atoms with van der Waals surface area (Å²) in [4.78, 5) is 0. The molecule has 0 bridgehead atoms. The monoisotopic (exact) mass is 267 g/mol. The third-order valence-corrected chi connectivity index (χ3v) is 3.20. The maximum absolute atomic E-state index is 6.14. The molecule has 0 saturated carbocycles. The summed E-state index contributed by atoms with van der Waals surface area (Å²) in [5, 5.41) is 4.94. The molecule has 0 amide bonds. The zero-order valence-electron chi connectivity index (χ0n) is 10.9. The van der Waals surface area contributed by atoms with Gasteiger partial charge in [0.1, 0.15) is 5.58 Å². The number of halogens is 1. The summed E-state index contributed by atoms with van der Waals surface area (Å²) in [7, 11) is 1.70. The highest BCUT2D eigenvalue weighted by molar-refractivity contribution is 6.30. The lowest BCUT2D eigenvalue weighted by atomic mass is 10.1. The molecule has 0 atom stereocenters. The fraction of sp³-hybridized carbons (Fsp3) is 0.429. The maximum atomic E-state index is 6.14. The highest BCUT2D eigenvalue weighted by atomic mass is 35.5. The lowest BCUT2D eigenvalue weighted by Crippen LogP contribution is -2.42. The van der Waals surface area contributed by atoms with E-state index in [4.69, 9.17) is 20.8 Å². The van der Waals surface area contributed by atoms with Crippen molar-refractivity contribution in [3.63, 3.8) is 0 Å². The first-order chi connectivity index (χ1) is 8.53. The van der Waals surface area contributed by atoms with Crippen molar-refractivity contribution in [1.82, 2.24) is 5.32 Å².